The van der Waals surface area contributed by atoms with Gasteiger partial charge in [0.15, 0.2) is 0 Å². The minimum atomic E-state index is -0.207. The molecular weight excluding hydrogens is 278 g/mol. The minimum Gasteiger partial charge on any atom is -0.361 e. The van der Waals surface area contributed by atoms with Gasteiger partial charge in [0.1, 0.15) is 17.7 Å². The highest BCUT2D eigenvalue weighted by atomic mass is 16.1. The van der Waals surface area contributed by atoms with Crippen LogP contribution in [-0.4, -0.2) is 25.8 Å². The van der Waals surface area contributed by atoms with Crippen molar-refractivity contribution >= 4 is 27.8 Å². The van der Waals surface area contributed by atoms with Crippen molar-refractivity contribution in [1.29, 1.82) is 0 Å². The molecule has 0 saturated carbocycles. The number of rotatable bonds is 3. The van der Waals surface area contributed by atoms with Gasteiger partial charge in [-0.3, -0.25) is 4.79 Å². The van der Waals surface area contributed by atoms with Gasteiger partial charge >= 0.3 is 0 Å². The molecule has 0 spiro atoms. The van der Waals surface area contributed by atoms with Gasteiger partial charge in [-0.2, -0.15) is 0 Å². The van der Waals surface area contributed by atoms with Crippen molar-refractivity contribution in [3.8, 4) is 0 Å². The highest BCUT2D eigenvalue weighted by Crippen LogP contribution is 2.15. The SMILES string of the molecule is O=C(NCc1ccc2[nH]ccc2c1)c1ncnc2[nH]ccc12. The van der Waals surface area contributed by atoms with Crippen molar-refractivity contribution in [2.45, 2.75) is 6.54 Å². The van der Waals surface area contributed by atoms with Gasteiger partial charge < -0.3 is 15.3 Å². The summed E-state index contributed by atoms with van der Waals surface area (Å²) in [6, 6.07) is 9.86. The van der Waals surface area contributed by atoms with Crippen LogP contribution in [0.25, 0.3) is 21.9 Å². The van der Waals surface area contributed by atoms with E-state index in [1.807, 2.05) is 24.4 Å². The average Bonchev–Trinajstić information content (AvgIpc) is 3.20. The van der Waals surface area contributed by atoms with E-state index in [1.165, 1.54) is 6.33 Å². The zero-order valence-electron chi connectivity index (χ0n) is 11.6. The minimum absolute atomic E-state index is 0.207. The van der Waals surface area contributed by atoms with E-state index in [1.54, 1.807) is 12.3 Å². The normalized spacial score (nSPS) is 11.1. The molecule has 0 aliphatic heterocycles. The Labute approximate surface area is 125 Å². The molecule has 3 N–H and O–H groups in total. The zero-order valence-corrected chi connectivity index (χ0v) is 11.6. The topological polar surface area (TPSA) is 86.5 Å². The molecule has 22 heavy (non-hydrogen) atoms. The van der Waals surface area contributed by atoms with Crippen molar-refractivity contribution in [1.82, 2.24) is 25.3 Å². The summed E-state index contributed by atoms with van der Waals surface area (Å²) >= 11 is 0. The van der Waals surface area contributed by atoms with Crippen LogP contribution in [0.2, 0.25) is 0 Å². The first-order valence-corrected chi connectivity index (χ1v) is 6.93. The summed E-state index contributed by atoms with van der Waals surface area (Å²) in [6.07, 6.45) is 5.03. The highest BCUT2D eigenvalue weighted by Gasteiger charge is 2.12. The Morgan fingerprint density at radius 1 is 1.09 bits per heavy atom. The molecular formula is C16H13N5O. The lowest BCUT2D eigenvalue weighted by Gasteiger charge is -2.06. The molecule has 0 atom stereocenters. The number of aromatic amines is 2. The molecule has 3 aromatic heterocycles. The van der Waals surface area contributed by atoms with Crippen molar-refractivity contribution < 1.29 is 4.79 Å². The molecule has 3 heterocycles. The molecule has 4 rings (SSSR count). The molecule has 4 aromatic rings. The first kappa shape index (κ1) is 12.6. The van der Waals surface area contributed by atoms with Gasteiger partial charge in [-0.25, -0.2) is 9.97 Å². The number of hydrogen-bond acceptors (Lipinski definition) is 3. The Morgan fingerprint density at radius 2 is 2.00 bits per heavy atom. The van der Waals surface area contributed by atoms with E-state index in [0.29, 0.717) is 17.9 Å². The van der Waals surface area contributed by atoms with E-state index in [-0.39, 0.29) is 5.91 Å². The highest BCUT2D eigenvalue weighted by molar-refractivity contribution is 6.03. The van der Waals surface area contributed by atoms with Gasteiger partial charge in [0.2, 0.25) is 0 Å². The van der Waals surface area contributed by atoms with Crippen molar-refractivity contribution in [2.75, 3.05) is 0 Å². The monoisotopic (exact) mass is 291 g/mol. The van der Waals surface area contributed by atoms with Gasteiger partial charge in [0.05, 0.1) is 5.39 Å². The molecule has 1 amide bonds. The molecule has 0 radical (unpaired) electrons. The number of carbonyl (C=O) groups excluding carboxylic acids is 1. The number of nitrogens with zero attached hydrogens (tertiary/aromatic N) is 2. The summed E-state index contributed by atoms with van der Waals surface area (Å²) in [5.41, 5.74) is 3.17. The summed E-state index contributed by atoms with van der Waals surface area (Å²) in [5.74, 6) is -0.207. The van der Waals surface area contributed by atoms with Gasteiger partial charge in [-0.05, 0) is 35.2 Å². The van der Waals surface area contributed by atoms with Crippen molar-refractivity contribution in [2.24, 2.45) is 0 Å². The molecule has 0 aliphatic rings. The van der Waals surface area contributed by atoms with Gasteiger partial charge in [0.25, 0.3) is 5.91 Å². The average molecular weight is 291 g/mol. The summed E-state index contributed by atoms with van der Waals surface area (Å²) in [6.45, 7) is 0.454. The second-order valence-corrected chi connectivity index (χ2v) is 5.04. The maximum Gasteiger partial charge on any atom is 0.270 e. The third-order valence-corrected chi connectivity index (χ3v) is 3.64. The van der Waals surface area contributed by atoms with Gasteiger partial charge in [0, 0.05) is 24.5 Å². The third kappa shape index (κ3) is 2.10. The maximum atomic E-state index is 12.3. The van der Waals surface area contributed by atoms with E-state index >= 15 is 0 Å². The van der Waals surface area contributed by atoms with Crippen LogP contribution in [0.4, 0.5) is 0 Å². The fourth-order valence-electron chi connectivity index (χ4n) is 2.53. The number of amides is 1. The van der Waals surface area contributed by atoms with E-state index < -0.39 is 0 Å². The first-order chi connectivity index (χ1) is 10.8. The number of fused-ring (bicyclic) bond motifs is 2. The van der Waals surface area contributed by atoms with Crippen LogP contribution < -0.4 is 5.32 Å². The number of carbonyl (C=O) groups is 1. The molecule has 0 unspecified atom stereocenters. The Morgan fingerprint density at radius 3 is 2.95 bits per heavy atom. The summed E-state index contributed by atoms with van der Waals surface area (Å²) < 4.78 is 0. The fourth-order valence-corrected chi connectivity index (χ4v) is 2.53. The Bertz CT molecular complexity index is 969. The van der Waals surface area contributed by atoms with E-state index in [2.05, 4.69) is 31.3 Å². The molecule has 0 bridgehead atoms. The second kappa shape index (κ2) is 5.00. The molecule has 0 saturated heterocycles. The molecule has 108 valence electrons. The number of H-pyrrole nitrogens is 2. The van der Waals surface area contributed by atoms with Gasteiger partial charge in [-0.1, -0.05) is 6.07 Å². The first-order valence-electron chi connectivity index (χ1n) is 6.93. The predicted octanol–water partition coefficient (Wildman–Crippen LogP) is 2.37. The predicted molar refractivity (Wildman–Crippen MR) is 83.4 cm³/mol. The Balaban J connectivity index is 1.55. The quantitative estimate of drug-likeness (QED) is 0.541. The lowest BCUT2D eigenvalue weighted by Crippen LogP contribution is -2.24. The third-order valence-electron chi connectivity index (χ3n) is 3.64. The molecule has 6 heteroatoms. The van der Waals surface area contributed by atoms with Crippen LogP contribution >= 0.6 is 0 Å². The molecule has 0 fully saturated rings. The van der Waals surface area contributed by atoms with Crippen molar-refractivity contribution in [3.05, 3.63) is 60.3 Å². The summed E-state index contributed by atoms with van der Waals surface area (Å²) in [5, 5.41) is 4.75. The van der Waals surface area contributed by atoms with Crippen LogP contribution in [0.1, 0.15) is 16.1 Å². The molecule has 6 nitrogen and oxygen atoms in total. The molecule has 1 aromatic carbocycles. The standard InChI is InChI=1S/C16H13N5O/c22-16(14-12-4-6-18-15(12)21-9-20-14)19-8-10-1-2-13-11(7-10)3-5-17-13/h1-7,9,17H,8H2,(H,19,22)(H,18,20,21). The second-order valence-electron chi connectivity index (χ2n) is 5.04. The lowest BCUT2D eigenvalue weighted by molar-refractivity contribution is 0.0947. The Kier molecular flexibility index (Phi) is 2.86. The zero-order chi connectivity index (χ0) is 14.9. The van der Waals surface area contributed by atoms with Crippen LogP contribution in [-0.2, 0) is 6.54 Å². The van der Waals surface area contributed by atoms with Crippen LogP contribution in [0.5, 0.6) is 0 Å². The number of nitrogens with one attached hydrogen (secondary N) is 3. The summed E-state index contributed by atoms with van der Waals surface area (Å²) in [7, 11) is 0. The van der Waals surface area contributed by atoms with Crippen molar-refractivity contribution in [3.63, 3.8) is 0 Å². The van der Waals surface area contributed by atoms with Crippen LogP contribution in [0, 0.1) is 0 Å². The van der Waals surface area contributed by atoms with E-state index in [0.717, 1.165) is 21.9 Å². The van der Waals surface area contributed by atoms with Gasteiger partial charge in [-0.15, -0.1) is 0 Å². The van der Waals surface area contributed by atoms with Crippen LogP contribution in [0.15, 0.2) is 49.1 Å². The number of benzene rings is 1. The van der Waals surface area contributed by atoms with E-state index in [9.17, 15) is 4.79 Å². The maximum absolute atomic E-state index is 12.3. The smallest absolute Gasteiger partial charge is 0.270 e. The van der Waals surface area contributed by atoms with Crippen LogP contribution in [0.3, 0.4) is 0 Å². The fraction of sp³-hybridized carbons (Fsp3) is 0.0625. The largest absolute Gasteiger partial charge is 0.361 e. The number of hydrogen-bond donors (Lipinski definition) is 3. The lowest BCUT2D eigenvalue weighted by atomic mass is 10.1. The summed E-state index contributed by atoms with van der Waals surface area (Å²) in [4.78, 5) is 26.6. The number of aromatic nitrogens is 4. The molecule has 0 aliphatic carbocycles. The van der Waals surface area contributed by atoms with E-state index in [4.69, 9.17) is 0 Å². The Hall–Kier alpha value is -3.15.